The van der Waals surface area contributed by atoms with Crippen molar-refractivity contribution in [2.45, 2.75) is 31.4 Å². The van der Waals surface area contributed by atoms with Crippen LogP contribution in [-0.4, -0.2) is 33.1 Å². The van der Waals surface area contributed by atoms with E-state index in [2.05, 4.69) is 20.7 Å². The van der Waals surface area contributed by atoms with Crippen molar-refractivity contribution >= 4 is 0 Å². The summed E-state index contributed by atoms with van der Waals surface area (Å²) < 4.78 is 0. The van der Waals surface area contributed by atoms with Crippen molar-refractivity contribution in [2.75, 3.05) is 6.54 Å². The molecule has 0 radical (unpaired) electrons. The highest BCUT2D eigenvalue weighted by Crippen LogP contribution is 2.20. The highest BCUT2D eigenvalue weighted by molar-refractivity contribution is 5.01. The molecule has 1 aliphatic heterocycles. The molecule has 5 heteroatoms. The van der Waals surface area contributed by atoms with E-state index < -0.39 is 6.10 Å². The first kappa shape index (κ1) is 8.65. The molecular weight excluding hydrogens is 168 g/mol. The third kappa shape index (κ3) is 1.87. The van der Waals surface area contributed by atoms with Gasteiger partial charge in [0.2, 0.25) is 0 Å². The lowest BCUT2D eigenvalue weighted by Gasteiger charge is -2.26. The number of aliphatic hydroxyl groups is 1. The van der Waals surface area contributed by atoms with Gasteiger partial charge in [0.15, 0.2) is 0 Å². The fourth-order valence-corrected chi connectivity index (χ4v) is 1.71. The number of aromatic nitrogens is 3. The minimum atomic E-state index is -0.529. The van der Waals surface area contributed by atoms with Gasteiger partial charge in [-0.15, -0.1) is 0 Å². The van der Waals surface area contributed by atoms with Crippen LogP contribution in [0, 0.1) is 0 Å². The molecule has 2 atom stereocenters. The lowest BCUT2D eigenvalue weighted by molar-refractivity contribution is 0.110. The standard InChI is InChI=1S/C8H14N4O/c13-8(7-5-10-12-11-7)6-3-1-2-4-9-6/h5-6,8-9,13H,1-4H2,(H,10,11,12). The van der Waals surface area contributed by atoms with Gasteiger partial charge in [0.05, 0.1) is 6.20 Å². The van der Waals surface area contributed by atoms with Crippen LogP contribution in [-0.2, 0) is 0 Å². The van der Waals surface area contributed by atoms with E-state index in [0.29, 0.717) is 5.69 Å². The van der Waals surface area contributed by atoms with Crippen LogP contribution in [0.3, 0.4) is 0 Å². The Hall–Kier alpha value is -0.940. The van der Waals surface area contributed by atoms with Crippen LogP contribution in [0.5, 0.6) is 0 Å². The van der Waals surface area contributed by atoms with E-state index in [9.17, 15) is 5.11 Å². The normalized spacial score (nSPS) is 25.8. The number of hydrogen-bond donors (Lipinski definition) is 3. The monoisotopic (exact) mass is 182 g/mol. The number of piperidine rings is 1. The molecule has 2 unspecified atom stereocenters. The molecule has 0 aromatic carbocycles. The second kappa shape index (κ2) is 3.85. The number of nitrogens with zero attached hydrogens (tertiary/aromatic N) is 2. The smallest absolute Gasteiger partial charge is 0.115 e. The second-order valence-electron chi connectivity index (χ2n) is 3.40. The average Bonchev–Trinajstić information content (AvgIpc) is 2.71. The predicted octanol–water partition coefficient (Wildman–Crippen LogP) is -0.0198. The van der Waals surface area contributed by atoms with Gasteiger partial charge in [0, 0.05) is 6.04 Å². The molecule has 5 nitrogen and oxygen atoms in total. The van der Waals surface area contributed by atoms with E-state index in [1.807, 2.05) is 0 Å². The summed E-state index contributed by atoms with van der Waals surface area (Å²) in [5, 5.41) is 23.2. The SMILES string of the molecule is OC(c1cn[nH]n1)C1CCCCN1. The van der Waals surface area contributed by atoms with E-state index in [4.69, 9.17) is 0 Å². The Morgan fingerprint density at radius 2 is 2.46 bits per heavy atom. The molecule has 13 heavy (non-hydrogen) atoms. The summed E-state index contributed by atoms with van der Waals surface area (Å²) in [5.41, 5.74) is 0.624. The molecule has 0 bridgehead atoms. The Balaban J connectivity index is 1.99. The molecule has 0 aliphatic carbocycles. The highest BCUT2D eigenvalue weighted by Gasteiger charge is 2.23. The Labute approximate surface area is 76.5 Å². The summed E-state index contributed by atoms with van der Waals surface area (Å²) in [7, 11) is 0. The van der Waals surface area contributed by atoms with E-state index in [-0.39, 0.29) is 6.04 Å². The van der Waals surface area contributed by atoms with Gasteiger partial charge in [-0.05, 0) is 19.4 Å². The maximum atomic E-state index is 9.85. The fourth-order valence-electron chi connectivity index (χ4n) is 1.71. The molecule has 1 aromatic heterocycles. The maximum Gasteiger partial charge on any atom is 0.115 e. The average molecular weight is 182 g/mol. The molecule has 1 aromatic rings. The van der Waals surface area contributed by atoms with Crippen LogP contribution < -0.4 is 5.32 Å². The summed E-state index contributed by atoms with van der Waals surface area (Å²) in [4.78, 5) is 0. The van der Waals surface area contributed by atoms with Gasteiger partial charge < -0.3 is 10.4 Å². The second-order valence-corrected chi connectivity index (χ2v) is 3.40. The van der Waals surface area contributed by atoms with Crippen molar-refractivity contribution in [1.82, 2.24) is 20.7 Å². The number of H-pyrrole nitrogens is 1. The molecule has 0 saturated carbocycles. The quantitative estimate of drug-likeness (QED) is 0.601. The molecule has 0 amide bonds. The van der Waals surface area contributed by atoms with Crippen molar-refractivity contribution in [3.63, 3.8) is 0 Å². The largest absolute Gasteiger partial charge is 0.385 e. The molecule has 0 spiro atoms. The summed E-state index contributed by atoms with van der Waals surface area (Å²) in [5.74, 6) is 0. The predicted molar refractivity (Wildman–Crippen MR) is 47.0 cm³/mol. The van der Waals surface area contributed by atoms with Crippen LogP contribution in [0.15, 0.2) is 6.20 Å². The maximum absolute atomic E-state index is 9.85. The van der Waals surface area contributed by atoms with Crippen molar-refractivity contribution < 1.29 is 5.11 Å². The van der Waals surface area contributed by atoms with Gasteiger partial charge in [-0.1, -0.05) is 6.42 Å². The first-order valence-corrected chi connectivity index (χ1v) is 4.65. The minimum absolute atomic E-state index is 0.138. The molecule has 72 valence electrons. The summed E-state index contributed by atoms with van der Waals surface area (Å²) in [6, 6.07) is 0.138. The zero-order chi connectivity index (χ0) is 9.10. The first-order valence-electron chi connectivity index (χ1n) is 4.65. The third-order valence-corrected chi connectivity index (χ3v) is 2.47. The van der Waals surface area contributed by atoms with Gasteiger partial charge in [0.25, 0.3) is 0 Å². The van der Waals surface area contributed by atoms with Crippen molar-refractivity contribution in [2.24, 2.45) is 0 Å². The molecule has 2 heterocycles. The first-order chi connectivity index (χ1) is 6.38. The van der Waals surface area contributed by atoms with Crippen molar-refractivity contribution in [3.05, 3.63) is 11.9 Å². The van der Waals surface area contributed by atoms with Gasteiger partial charge in [0.1, 0.15) is 11.8 Å². The number of hydrogen-bond acceptors (Lipinski definition) is 4. The van der Waals surface area contributed by atoms with E-state index >= 15 is 0 Å². The molecule has 1 aliphatic rings. The van der Waals surface area contributed by atoms with E-state index in [0.717, 1.165) is 13.0 Å². The van der Waals surface area contributed by atoms with Crippen LogP contribution in [0.4, 0.5) is 0 Å². The van der Waals surface area contributed by atoms with E-state index in [1.54, 1.807) is 6.20 Å². The molecule has 1 fully saturated rings. The van der Waals surface area contributed by atoms with E-state index in [1.165, 1.54) is 12.8 Å². The Bertz CT molecular complexity index is 243. The Morgan fingerprint density at radius 1 is 1.54 bits per heavy atom. The third-order valence-electron chi connectivity index (χ3n) is 2.47. The zero-order valence-electron chi connectivity index (χ0n) is 7.40. The lowest BCUT2D eigenvalue weighted by Crippen LogP contribution is -2.38. The molecule has 2 rings (SSSR count). The molecule has 1 saturated heterocycles. The van der Waals surface area contributed by atoms with Gasteiger partial charge in [-0.3, -0.25) is 0 Å². The zero-order valence-corrected chi connectivity index (χ0v) is 7.40. The highest BCUT2D eigenvalue weighted by atomic mass is 16.3. The summed E-state index contributed by atoms with van der Waals surface area (Å²) in [6.45, 7) is 0.986. The number of aromatic amines is 1. The Kier molecular flexibility index (Phi) is 2.56. The lowest BCUT2D eigenvalue weighted by atomic mass is 9.98. The van der Waals surface area contributed by atoms with Crippen molar-refractivity contribution in [1.29, 1.82) is 0 Å². The number of aliphatic hydroxyl groups excluding tert-OH is 1. The number of rotatable bonds is 2. The molecule has 3 N–H and O–H groups in total. The fraction of sp³-hybridized carbons (Fsp3) is 0.750. The Morgan fingerprint density at radius 3 is 3.08 bits per heavy atom. The minimum Gasteiger partial charge on any atom is -0.385 e. The summed E-state index contributed by atoms with van der Waals surface area (Å²) in [6.07, 6.45) is 4.42. The van der Waals surface area contributed by atoms with Crippen LogP contribution in [0.1, 0.15) is 31.1 Å². The van der Waals surface area contributed by atoms with Gasteiger partial charge in [-0.25, -0.2) is 0 Å². The van der Waals surface area contributed by atoms with Crippen LogP contribution in [0.25, 0.3) is 0 Å². The van der Waals surface area contributed by atoms with Crippen LogP contribution >= 0.6 is 0 Å². The van der Waals surface area contributed by atoms with Crippen molar-refractivity contribution in [3.8, 4) is 0 Å². The topological polar surface area (TPSA) is 73.8 Å². The van der Waals surface area contributed by atoms with Gasteiger partial charge in [-0.2, -0.15) is 15.4 Å². The van der Waals surface area contributed by atoms with Gasteiger partial charge >= 0.3 is 0 Å². The summed E-state index contributed by atoms with van der Waals surface area (Å²) >= 11 is 0. The van der Waals surface area contributed by atoms with Crippen LogP contribution in [0.2, 0.25) is 0 Å². The molecular formula is C8H14N4O. The number of nitrogens with one attached hydrogen (secondary N) is 2.